The highest BCUT2D eigenvalue weighted by Crippen LogP contribution is 2.64. The lowest BCUT2D eigenvalue weighted by Crippen LogP contribution is -2.58. The third-order valence-electron chi connectivity index (χ3n) is 8.04. The van der Waals surface area contributed by atoms with Crippen LogP contribution in [-0.2, 0) is 4.74 Å². The Morgan fingerprint density at radius 2 is 1.96 bits per heavy atom. The fraction of sp³-hybridized carbons (Fsp3) is 0.800. The molecule has 3 unspecified atom stereocenters. The van der Waals surface area contributed by atoms with Crippen LogP contribution in [0.4, 0.5) is 0 Å². The number of methoxy groups -OCH3 is 1. The molecule has 3 nitrogen and oxygen atoms in total. The molecule has 128 valence electrons. The van der Waals surface area contributed by atoms with E-state index in [0.717, 1.165) is 32.1 Å². The van der Waals surface area contributed by atoms with Crippen molar-refractivity contribution in [2.24, 2.45) is 34.5 Å². The summed E-state index contributed by atoms with van der Waals surface area (Å²) in [5, 5.41) is 20.5. The Morgan fingerprint density at radius 1 is 1.17 bits per heavy atom. The van der Waals surface area contributed by atoms with Crippen molar-refractivity contribution in [2.45, 2.75) is 58.2 Å². The zero-order valence-electron chi connectivity index (χ0n) is 14.5. The van der Waals surface area contributed by atoms with E-state index in [1.54, 1.807) is 0 Å². The van der Waals surface area contributed by atoms with Crippen LogP contribution in [0.25, 0.3) is 0 Å². The molecule has 0 heterocycles. The van der Waals surface area contributed by atoms with Crippen LogP contribution in [-0.4, -0.2) is 29.5 Å². The molecular formula is C20H30O3. The van der Waals surface area contributed by atoms with Crippen molar-refractivity contribution in [3.8, 4) is 0 Å². The van der Waals surface area contributed by atoms with Crippen molar-refractivity contribution in [1.82, 2.24) is 0 Å². The summed E-state index contributed by atoms with van der Waals surface area (Å²) in [6.45, 7) is 4.69. The van der Waals surface area contributed by atoms with Crippen molar-refractivity contribution in [1.29, 1.82) is 0 Å². The fourth-order valence-electron chi connectivity index (χ4n) is 6.46. The minimum absolute atomic E-state index is 0.0201. The topological polar surface area (TPSA) is 49.7 Å². The molecule has 0 aliphatic heterocycles. The summed E-state index contributed by atoms with van der Waals surface area (Å²) in [7, 11) is 1.83. The Hall–Kier alpha value is -0.800. The molecule has 0 saturated heterocycles. The van der Waals surface area contributed by atoms with Crippen LogP contribution in [0.3, 0.4) is 0 Å². The van der Waals surface area contributed by atoms with Gasteiger partial charge in [0.1, 0.15) is 0 Å². The van der Waals surface area contributed by atoms with Gasteiger partial charge in [0, 0.05) is 18.9 Å². The summed E-state index contributed by atoms with van der Waals surface area (Å²) in [5.74, 6) is 2.50. The Balaban J connectivity index is 1.74. The van der Waals surface area contributed by atoms with Crippen LogP contribution in [0.1, 0.15) is 46.0 Å². The van der Waals surface area contributed by atoms with E-state index >= 15 is 0 Å². The first-order chi connectivity index (χ1) is 10.9. The zero-order chi connectivity index (χ0) is 16.4. The number of rotatable bonds is 1. The number of ether oxygens (including phenoxy) is 1. The van der Waals surface area contributed by atoms with Crippen molar-refractivity contribution in [3.63, 3.8) is 0 Å². The molecule has 0 amide bonds. The number of fused-ring (bicyclic) bond motifs is 5. The summed E-state index contributed by atoms with van der Waals surface area (Å²) in [6.07, 6.45) is 11.4. The monoisotopic (exact) mass is 318 g/mol. The molecule has 0 aromatic heterocycles. The van der Waals surface area contributed by atoms with Gasteiger partial charge in [-0.05, 0) is 60.8 Å². The van der Waals surface area contributed by atoms with E-state index in [-0.39, 0.29) is 23.0 Å². The van der Waals surface area contributed by atoms with Gasteiger partial charge >= 0.3 is 0 Å². The largest absolute Gasteiger partial charge is 0.513 e. The van der Waals surface area contributed by atoms with E-state index in [4.69, 9.17) is 4.74 Å². The van der Waals surface area contributed by atoms with E-state index in [1.807, 2.05) is 13.2 Å². The smallest absolute Gasteiger partial charge is 0.0886 e. The predicted molar refractivity (Wildman–Crippen MR) is 89.9 cm³/mol. The first-order valence-electron chi connectivity index (χ1n) is 9.19. The lowest BCUT2D eigenvalue weighted by atomic mass is 9.45. The SMILES string of the molecule is COC1CC2C=C(O)CC[C@]2(C)[C@@H]2CC[C@]3(C)C(O)C=C[C@H]3[C@H]12. The molecule has 0 aromatic carbocycles. The summed E-state index contributed by atoms with van der Waals surface area (Å²) in [5.41, 5.74) is 0.239. The fourth-order valence-corrected chi connectivity index (χ4v) is 6.46. The van der Waals surface area contributed by atoms with Gasteiger partial charge in [-0.15, -0.1) is 0 Å². The number of allylic oxidation sites excluding steroid dienone is 3. The highest BCUT2D eigenvalue weighted by Gasteiger charge is 2.61. The maximum Gasteiger partial charge on any atom is 0.0886 e. The Bertz CT molecular complexity index is 553. The molecule has 2 N–H and O–H groups in total. The van der Waals surface area contributed by atoms with Gasteiger partial charge in [-0.3, -0.25) is 0 Å². The Labute approximate surface area is 139 Å². The molecule has 0 bridgehead atoms. The summed E-state index contributed by atoms with van der Waals surface area (Å²) in [6, 6.07) is 0. The average molecular weight is 318 g/mol. The minimum Gasteiger partial charge on any atom is -0.513 e. The van der Waals surface area contributed by atoms with E-state index < -0.39 is 0 Å². The van der Waals surface area contributed by atoms with Gasteiger partial charge < -0.3 is 14.9 Å². The van der Waals surface area contributed by atoms with E-state index in [2.05, 4.69) is 26.0 Å². The van der Waals surface area contributed by atoms with Gasteiger partial charge in [0.05, 0.1) is 18.0 Å². The first-order valence-corrected chi connectivity index (χ1v) is 9.19. The molecule has 8 atom stereocenters. The molecule has 3 heteroatoms. The lowest BCUT2D eigenvalue weighted by Gasteiger charge is -2.61. The third kappa shape index (κ3) is 2.02. The summed E-state index contributed by atoms with van der Waals surface area (Å²) < 4.78 is 5.95. The van der Waals surface area contributed by atoms with Gasteiger partial charge in [-0.1, -0.05) is 26.0 Å². The molecule has 0 aromatic rings. The first kappa shape index (κ1) is 15.7. The third-order valence-corrected chi connectivity index (χ3v) is 8.04. The molecule has 2 saturated carbocycles. The zero-order valence-corrected chi connectivity index (χ0v) is 14.5. The second-order valence-corrected chi connectivity index (χ2v) is 8.86. The highest BCUT2D eigenvalue weighted by atomic mass is 16.5. The van der Waals surface area contributed by atoms with E-state index in [0.29, 0.717) is 29.4 Å². The van der Waals surface area contributed by atoms with Crippen molar-refractivity contribution in [3.05, 3.63) is 24.0 Å². The summed E-state index contributed by atoms with van der Waals surface area (Å²) >= 11 is 0. The molecule has 0 radical (unpaired) electrons. The highest BCUT2D eigenvalue weighted by molar-refractivity contribution is 5.23. The van der Waals surface area contributed by atoms with Crippen LogP contribution in [0.5, 0.6) is 0 Å². The molecule has 4 rings (SSSR count). The summed E-state index contributed by atoms with van der Waals surface area (Å²) in [4.78, 5) is 0. The molecule has 0 spiro atoms. The average Bonchev–Trinajstić information content (AvgIpc) is 2.83. The second kappa shape index (κ2) is 5.10. The quantitative estimate of drug-likeness (QED) is 0.722. The normalized spacial score (nSPS) is 54.9. The van der Waals surface area contributed by atoms with Crippen molar-refractivity contribution in [2.75, 3.05) is 7.11 Å². The van der Waals surface area contributed by atoms with Gasteiger partial charge in [0.25, 0.3) is 0 Å². The van der Waals surface area contributed by atoms with Crippen molar-refractivity contribution < 1.29 is 14.9 Å². The number of hydrogen-bond acceptors (Lipinski definition) is 3. The molecule has 23 heavy (non-hydrogen) atoms. The molecule has 2 fully saturated rings. The van der Waals surface area contributed by atoms with Crippen LogP contribution < -0.4 is 0 Å². The molecule has 4 aliphatic rings. The molecule has 4 aliphatic carbocycles. The van der Waals surface area contributed by atoms with Gasteiger partial charge in [-0.2, -0.15) is 0 Å². The van der Waals surface area contributed by atoms with Crippen molar-refractivity contribution >= 4 is 0 Å². The van der Waals surface area contributed by atoms with Crippen LogP contribution in [0, 0.1) is 34.5 Å². The van der Waals surface area contributed by atoms with Gasteiger partial charge in [0.15, 0.2) is 0 Å². The Kier molecular flexibility index (Phi) is 3.48. The second-order valence-electron chi connectivity index (χ2n) is 8.86. The Morgan fingerprint density at radius 3 is 2.70 bits per heavy atom. The molecular weight excluding hydrogens is 288 g/mol. The van der Waals surface area contributed by atoms with Crippen LogP contribution >= 0.6 is 0 Å². The maximum atomic E-state index is 10.5. The van der Waals surface area contributed by atoms with Crippen LogP contribution in [0.15, 0.2) is 24.0 Å². The minimum atomic E-state index is -0.313. The number of aliphatic hydroxyl groups is 2. The van der Waals surface area contributed by atoms with E-state index in [9.17, 15) is 10.2 Å². The standard InChI is InChI=1S/C20H30O3/c1-19-8-6-13(21)10-12(19)11-16(23-3)18-14-4-5-17(22)20(14,2)9-7-15(18)19/h4-5,10,12,14-18,21-22H,6-9,11H2,1-3H3/t12?,14-,15+,16?,17?,18-,19-,20-/m0/s1. The van der Waals surface area contributed by atoms with Gasteiger partial charge in [0.2, 0.25) is 0 Å². The predicted octanol–water partition coefficient (Wildman–Crippen LogP) is 3.84. The maximum absolute atomic E-state index is 10.5. The number of hydrogen-bond donors (Lipinski definition) is 2. The van der Waals surface area contributed by atoms with Crippen LogP contribution in [0.2, 0.25) is 0 Å². The van der Waals surface area contributed by atoms with Gasteiger partial charge in [-0.25, -0.2) is 0 Å². The number of aliphatic hydroxyl groups excluding tert-OH is 2. The lowest BCUT2D eigenvalue weighted by molar-refractivity contribution is -0.157. The van der Waals surface area contributed by atoms with E-state index in [1.165, 1.54) is 0 Å².